The van der Waals surface area contributed by atoms with Gasteiger partial charge in [-0.05, 0) is 55.3 Å². The molecule has 0 spiro atoms. The third-order valence-corrected chi connectivity index (χ3v) is 4.98. The molecule has 0 unspecified atom stereocenters. The van der Waals surface area contributed by atoms with Crippen molar-refractivity contribution in [1.82, 2.24) is 9.55 Å². The van der Waals surface area contributed by atoms with Gasteiger partial charge in [0.2, 0.25) is 0 Å². The van der Waals surface area contributed by atoms with E-state index in [0.29, 0.717) is 27.5 Å². The van der Waals surface area contributed by atoms with E-state index < -0.39 is 0 Å². The van der Waals surface area contributed by atoms with E-state index in [4.69, 9.17) is 22.3 Å². The fourth-order valence-corrected chi connectivity index (χ4v) is 3.64. The molecule has 2 aromatic carbocycles. The van der Waals surface area contributed by atoms with Crippen LogP contribution in [0.25, 0.3) is 16.6 Å². The van der Waals surface area contributed by atoms with Gasteiger partial charge >= 0.3 is 0 Å². The summed E-state index contributed by atoms with van der Waals surface area (Å²) >= 11 is 6.00. The second-order valence-electron chi connectivity index (χ2n) is 6.34. The third-order valence-electron chi connectivity index (χ3n) is 4.72. The minimum Gasteiger partial charge on any atom is -0.399 e. The molecule has 4 nitrogen and oxygen atoms in total. The number of halogens is 1. The van der Waals surface area contributed by atoms with Gasteiger partial charge in [-0.25, -0.2) is 4.98 Å². The molecule has 5 heteroatoms. The van der Waals surface area contributed by atoms with Crippen LogP contribution in [0, 0.1) is 0 Å². The van der Waals surface area contributed by atoms with E-state index in [1.54, 1.807) is 34.9 Å². The average molecular weight is 340 g/mol. The summed E-state index contributed by atoms with van der Waals surface area (Å²) in [4.78, 5) is 18.0. The lowest BCUT2D eigenvalue weighted by Crippen LogP contribution is -2.25. The molecule has 0 bridgehead atoms. The highest BCUT2D eigenvalue weighted by Crippen LogP contribution is 2.34. The van der Waals surface area contributed by atoms with Gasteiger partial charge in [-0.1, -0.05) is 24.4 Å². The smallest absolute Gasteiger partial charge is 0.265 e. The number of nitrogen functional groups attached to an aromatic ring is 1. The first-order chi connectivity index (χ1) is 11.6. The van der Waals surface area contributed by atoms with E-state index in [-0.39, 0.29) is 5.56 Å². The number of anilines is 1. The Morgan fingerprint density at radius 1 is 1.08 bits per heavy atom. The number of hydrogen-bond donors (Lipinski definition) is 1. The first-order valence-corrected chi connectivity index (χ1v) is 8.59. The van der Waals surface area contributed by atoms with Gasteiger partial charge in [0.05, 0.1) is 16.6 Å². The third kappa shape index (κ3) is 2.57. The van der Waals surface area contributed by atoms with E-state index in [0.717, 1.165) is 24.4 Å². The second-order valence-corrected chi connectivity index (χ2v) is 6.78. The molecule has 1 saturated carbocycles. The predicted octanol–water partition coefficient (Wildman–Crippen LogP) is 4.28. The molecule has 0 radical (unpaired) electrons. The Labute approximate surface area is 144 Å². The Morgan fingerprint density at radius 2 is 1.79 bits per heavy atom. The summed E-state index contributed by atoms with van der Waals surface area (Å²) in [7, 11) is 0. The number of nitrogens with two attached hydrogens (primary N) is 1. The van der Waals surface area contributed by atoms with Gasteiger partial charge in [-0.2, -0.15) is 0 Å². The van der Waals surface area contributed by atoms with E-state index in [9.17, 15) is 4.79 Å². The van der Waals surface area contributed by atoms with Crippen LogP contribution in [-0.4, -0.2) is 9.55 Å². The number of fused-ring (bicyclic) bond motifs is 1. The topological polar surface area (TPSA) is 60.9 Å². The molecule has 0 amide bonds. The Bertz CT molecular complexity index is 957. The maximum Gasteiger partial charge on any atom is 0.265 e. The first-order valence-electron chi connectivity index (χ1n) is 8.21. The number of hydrogen-bond acceptors (Lipinski definition) is 3. The van der Waals surface area contributed by atoms with Crippen LogP contribution in [0.3, 0.4) is 0 Å². The zero-order valence-electron chi connectivity index (χ0n) is 13.2. The highest BCUT2D eigenvalue weighted by atomic mass is 35.5. The maximum atomic E-state index is 13.2. The summed E-state index contributed by atoms with van der Waals surface area (Å²) in [5.41, 5.74) is 7.93. The molecule has 0 aliphatic heterocycles. The van der Waals surface area contributed by atoms with Gasteiger partial charge in [-0.15, -0.1) is 0 Å². The molecule has 1 heterocycles. The number of aromatic nitrogens is 2. The van der Waals surface area contributed by atoms with Gasteiger partial charge in [0.1, 0.15) is 5.82 Å². The summed E-state index contributed by atoms with van der Waals surface area (Å²) in [6.45, 7) is 0. The molecule has 1 aliphatic carbocycles. The molecule has 1 aromatic heterocycles. The quantitative estimate of drug-likeness (QED) is 0.709. The average Bonchev–Trinajstić information content (AvgIpc) is 3.10. The summed E-state index contributed by atoms with van der Waals surface area (Å²) in [6, 6.07) is 12.6. The van der Waals surface area contributed by atoms with Crippen LogP contribution in [0.15, 0.2) is 47.3 Å². The summed E-state index contributed by atoms with van der Waals surface area (Å²) in [6.07, 6.45) is 4.48. The highest BCUT2D eigenvalue weighted by Gasteiger charge is 2.24. The largest absolute Gasteiger partial charge is 0.399 e. The summed E-state index contributed by atoms with van der Waals surface area (Å²) in [5, 5.41) is 1.23. The standard InChI is InChI=1S/C19H18ClN3O/c20-13-5-8-15(9-6-13)23-18(12-3-1-2-4-12)22-17-11-14(21)7-10-16(17)19(23)24/h5-12H,1-4,21H2. The minimum atomic E-state index is -0.0516. The molecule has 2 N–H and O–H groups in total. The van der Waals surface area contributed by atoms with Gasteiger partial charge < -0.3 is 5.73 Å². The Balaban J connectivity index is 2.03. The predicted molar refractivity (Wildman–Crippen MR) is 98.0 cm³/mol. The molecular weight excluding hydrogens is 322 g/mol. The van der Waals surface area contributed by atoms with Crippen molar-refractivity contribution < 1.29 is 0 Å². The van der Waals surface area contributed by atoms with Crippen molar-refractivity contribution in [2.45, 2.75) is 31.6 Å². The molecule has 1 aliphatic rings. The molecule has 24 heavy (non-hydrogen) atoms. The van der Waals surface area contributed by atoms with Crippen molar-refractivity contribution in [3.63, 3.8) is 0 Å². The fraction of sp³-hybridized carbons (Fsp3) is 0.263. The number of nitrogens with zero attached hydrogens (tertiary/aromatic N) is 2. The van der Waals surface area contributed by atoms with Crippen molar-refractivity contribution in [3.05, 3.63) is 63.7 Å². The van der Waals surface area contributed by atoms with Crippen LogP contribution in [-0.2, 0) is 0 Å². The highest BCUT2D eigenvalue weighted by molar-refractivity contribution is 6.30. The lowest BCUT2D eigenvalue weighted by atomic mass is 10.1. The second kappa shape index (κ2) is 5.95. The Hall–Kier alpha value is -2.33. The lowest BCUT2D eigenvalue weighted by Gasteiger charge is -2.18. The normalized spacial score (nSPS) is 15.2. The van der Waals surface area contributed by atoms with Crippen LogP contribution in [0.1, 0.15) is 37.4 Å². The van der Waals surface area contributed by atoms with E-state index in [1.807, 2.05) is 12.1 Å². The zero-order chi connectivity index (χ0) is 16.7. The SMILES string of the molecule is Nc1ccc2c(=O)n(-c3ccc(Cl)cc3)c(C3CCCC3)nc2c1. The van der Waals surface area contributed by atoms with Gasteiger partial charge in [0.15, 0.2) is 0 Å². The van der Waals surface area contributed by atoms with Crippen molar-refractivity contribution in [1.29, 1.82) is 0 Å². The van der Waals surface area contributed by atoms with Crippen LogP contribution in [0.5, 0.6) is 0 Å². The van der Waals surface area contributed by atoms with E-state index in [1.165, 1.54) is 12.8 Å². The molecule has 4 rings (SSSR count). The molecular formula is C19H18ClN3O. The molecule has 1 fully saturated rings. The van der Waals surface area contributed by atoms with Crippen LogP contribution in [0.4, 0.5) is 5.69 Å². The Morgan fingerprint density at radius 3 is 2.50 bits per heavy atom. The van der Waals surface area contributed by atoms with Crippen LogP contribution in [0.2, 0.25) is 5.02 Å². The molecule has 0 saturated heterocycles. The van der Waals surface area contributed by atoms with Crippen molar-refractivity contribution in [2.24, 2.45) is 0 Å². The van der Waals surface area contributed by atoms with Gasteiger partial charge in [-0.3, -0.25) is 9.36 Å². The minimum absolute atomic E-state index is 0.0516. The first kappa shape index (κ1) is 15.2. The summed E-state index contributed by atoms with van der Waals surface area (Å²) in [5.74, 6) is 1.14. The molecule has 3 aromatic rings. The van der Waals surface area contributed by atoms with Crippen molar-refractivity contribution in [3.8, 4) is 5.69 Å². The Kier molecular flexibility index (Phi) is 3.77. The molecule has 0 atom stereocenters. The van der Waals surface area contributed by atoms with Crippen molar-refractivity contribution >= 4 is 28.2 Å². The lowest BCUT2D eigenvalue weighted by molar-refractivity contribution is 0.639. The fourth-order valence-electron chi connectivity index (χ4n) is 3.52. The summed E-state index contributed by atoms with van der Waals surface area (Å²) < 4.78 is 1.74. The van der Waals surface area contributed by atoms with Gasteiger partial charge in [0, 0.05) is 16.6 Å². The monoisotopic (exact) mass is 339 g/mol. The number of rotatable bonds is 2. The molecule has 122 valence electrons. The van der Waals surface area contributed by atoms with Crippen molar-refractivity contribution in [2.75, 3.05) is 5.73 Å². The van der Waals surface area contributed by atoms with Crippen LogP contribution >= 0.6 is 11.6 Å². The van der Waals surface area contributed by atoms with Gasteiger partial charge in [0.25, 0.3) is 5.56 Å². The van der Waals surface area contributed by atoms with Crippen LogP contribution < -0.4 is 11.3 Å². The maximum absolute atomic E-state index is 13.2. The number of benzene rings is 2. The zero-order valence-corrected chi connectivity index (χ0v) is 14.0. The van der Waals surface area contributed by atoms with E-state index >= 15 is 0 Å². The van der Waals surface area contributed by atoms with E-state index in [2.05, 4.69) is 0 Å².